The summed E-state index contributed by atoms with van der Waals surface area (Å²) in [7, 11) is 2.25. The maximum atomic E-state index is 2.52. The Morgan fingerprint density at radius 2 is 1.50 bits per heavy atom. The molecule has 0 aliphatic carbocycles. The Balaban J connectivity index is 4.67. The number of hydrogen-bond acceptors (Lipinski definition) is 1. The average Bonchev–Trinajstić information content (AvgIpc) is 1.94. The van der Waals surface area contributed by atoms with Crippen molar-refractivity contribution < 1.29 is 0 Å². The third-order valence-corrected chi connectivity index (χ3v) is 3.53. The summed E-state index contributed by atoms with van der Waals surface area (Å²) in [6.07, 6.45) is 1.28. The van der Waals surface area contributed by atoms with Crippen LogP contribution >= 0.6 is 22.6 Å². The number of rotatable bonds is 3. The molecule has 0 aliphatic heterocycles. The van der Waals surface area contributed by atoms with Crippen molar-refractivity contribution in [3.63, 3.8) is 0 Å². The van der Waals surface area contributed by atoms with E-state index in [2.05, 4.69) is 76.1 Å². The summed E-state index contributed by atoms with van der Waals surface area (Å²) in [6, 6.07) is 0.666. The summed E-state index contributed by atoms with van der Waals surface area (Å²) in [5, 5.41) is 0. The van der Waals surface area contributed by atoms with Crippen molar-refractivity contribution in [2.45, 2.75) is 59.5 Å². The highest BCUT2D eigenvalue weighted by molar-refractivity contribution is 14.1. The van der Waals surface area contributed by atoms with Crippen LogP contribution in [0.15, 0.2) is 0 Å². The van der Waals surface area contributed by atoms with Gasteiger partial charge in [0.2, 0.25) is 0 Å². The van der Waals surface area contributed by atoms with Gasteiger partial charge in [-0.2, -0.15) is 0 Å². The van der Waals surface area contributed by atoms with Gasteiger partial charge in [-0.05, 0) is 39.7 Å². The normalized spacial score (nSPS) is 16.1. The minimum atomic E-state index is 0.268. The second kappa shape index (κ2) is 5.15. The van der Waals surface area contributed by atoms with Gasteiger partial charge in [-0.3, -0.25) is 4.90 Å². The molecule has 86 valence electrons. The predicted octanol–water partition coefficient (Wildman–Crippen LogP) is 3.96. The highest BCUT2D eigenvalue weighted by Crippen LogP contribution is 2.30. The second-order valence-electron chi connectivity index (χ2n) is 6.14. The quantitative estimate of drug-likeness (QED) is 0.563. The smallest absolute Gasteiger partial charge is 0.0153 e. The van der Waals surface area contributed by atoms with E-state index in [4.69, 9.17) is 0 Å². The fourth-order valence-electron chi connectivity index (χ4n) is 1.78. The zero-order chi connectivity index (χ0) is 11.6. The topological polar surface area (TPSA) is 3.24 Å². The van der Waals surface area contributed by atoms with E-state index >= 15 is 0 Å². The maximum Gasteiger partial charge on any atom is 0.0153 e. The summed E-state index contributed by atoms with van der Waals surface area (Å²) in [4.78, 5) is 2.52. The zero-order valence-corrected chi connectivity index (χ0v) is 13.0. The van der Waals surface area contributed by atoms with E-state index in [0.717, 1.165) is 0 Å². The fraction of sp³-hybridized carbons (Fsp3) is 1.00. The predicted molar refractivity (Wildman–Crippen MR) is 74.3 cm³/mol. The van der Waals surface area contributed by atoms with Gasteiger partial charge in [-0.1, -0.05) is 43.4 Å². The molecule has 0 rings (SSSR count). The van der Waals surface area contributed by atoms with Gasteiger partial charge in [0.1, 0.15) is 0 Å². The third kappa shape index (κ3) is 4.47. The minimum Gasteiger partial charge on any atom is -0.298 e. The lowest BCUT2D eigenvalue weighted by atomic mass is 9.82. The highest BCUT2D eigenvalue weighted by atomic mass is 127. The molecule has 2 heteroatoms. The molecule has 0 radical (unpaired) electrons. The highest BCUT2D eigenvalue weighted by Gasteiger charge is 2.32. The molecular formula is C12H26IN. The van der Waals surface area contributed by atoms with E-state index in [1.165, 1.54) is 10.8 Å². The molecule has 0 aromatic carbocycles. The molecule has 0 aliphatic rings. The van der Waals surface area contributed by atoms with Crippen LogP contribution in [0.2, 0.25) is 0 Å². The first kappa shape index (κ1) is 14.7. The molecule has 0 saturated carbocycles. The van der Waals surface area contributed by atoms with Gasteiger partial charge in [-0.25, -0.2) is 0 Å². The van der Waals surface area contributed by atoms with E-state index in [0.29, 0.717) is 11.5 Å². The van der Waals surface area contributed by atoms with Crippen LogP contribution in [0.3, 0.4) is 0 Å². The van der Waals surface area contributed by atoms with Crippen LogP contribution in [0, 0.1) is 5.41 Å². The average molecular weight is 311 g/mol. The Bertz CT molecular complexity index is 164. The van der Waals surface area contributed by atoms with Crippen molar-refractivity contribution in [3.8, 4) is 0 Å². The van der Waals surface area contributed by atoms with Crippen LogP contribution in [0.1, 0.15) is 48.0 Å². The van der Waals surface area contributed by atoms with E-state index in [1.54, 1.807) is 0 Å². The molecule has 0 fully saturated rings. The van der Waals surface area contributed by atoms with Gasteiger partial charge in [0.15, 0.2) is 0 Å². The SMILES string of the molecule is CN(C(CCI)C(C)(C)C)C(C)(C)C. The first-order valence-electron chi connectivity index (χ1n) is 5.39. The van der Waals surface area contributed by atoms with Crippen molar-refractivity contribution in [3.05, 3.63) is 0 Å². The molecule has 0 aromatic rings. The molecule has 1 nitrogen and oxygen atoms in total. The third-order valence-electron chi connectivity index (χ3n) is 2.91. The molecule has 1 atom stereocenters. The Morgan fingerprint density at radius 1 is 1.07 bits per heavy atom. The van der Waals surface area contributed by atoms with Crippen molar-refractivity contribution in [2.75, 3.05) is 11.5 Å². The summed E-state index contributed by atoms with van der Waals surface area (Å²) >= 11 is 2.48. The molecule has 0 spiro atoms. The van der Waals surface area contributed by atoms with E-state index in [1.807, 2.05) is 0 Å². The molecule has 14 heavy (non-hydrogen) atoms. The number of hydrogen-bond donors (Lipinski definition) is 0. The molecule has 0 saturated heterocycles. The Hall–Kier alpha value is 0.690. The van der Waals surface area contributed by atoms with Crippen molar-refractivity contribution in [1.82, 2.24) is 4.90 Å². The minimum absolute atomic E-state index is 0.268. The standard InChI is InChI=1S/C12H26IN/c1-11(2,3)10(8-9-13)14(7)12(4,5)6/h10H,8-9H2,1-7H3. The van der Waals surface area contributed by atoms with Crippen LogP contribution in [0.25, 0.3) is 0 Å². The summed E-state index contributed by atoms with van der Waals surface area (Å²) in [6.45, 7) is 13.9. The Kier molecular flexibility index (Phi) is 5.40. The van der Waals surface area contributed by atoms with Gasteiger partial charge in [-0.15, -0.1) is 0 Å². The number of halogens is 1. The maximum absolute atomic E-state index is 2.52. The van der Waals surface area contributed by atoms with Crippen molar-refractivity contribution in [2.24, 2.45) is 5.41 Å². The Morgan fingerprint density at radius 3 is 1.71 bits per heavy atom. The molecule has 1 unspecified atom stereocenters. The van der Waals surface area contributed by atoms with Crippen LogP contribution < -0.4 is 0 Å². The molecule has 0 aromatic heterocycles. The lowest BCUT2D eigenvalue weighted by Gasteiger charge is -2.45. The van der Waals surface area contributed by atoms with E-state index in [9.17, 15) is 0 Å². The monoisotopic (exact) mass is 311 g/mol. The van der Waals surface area contributed by atoms with Crippen molar-refractivity contribution >= 4 is 22.6 Å². The van der Waals surface area contributed by atoms with Gasteiger partial charge in [0, 0.05) is 16.0 Å². The summed E-state index contributed by atoms with van der Waals surface area (Å²) in [5.41, 5.74) is 0.636. The summed E-state index contributed by atoms with van der Waals surface area (Å²) in [5.74, 6) is 0. The van der Waals surface area contributed by atoms with Crippen LogP contribution in [0.5, 0.6) is 0 Å². The molecule has 0 heterocycles. The zero-order valence-electron chi connectivity index (χ0n) is 10.8. The Labute approximate surface area is 104 Å². The van der Waals surface area contributed by atoms with Gasteiger partial charge >= 0.3 is 0 Å². The lowest BCUT2D eigenvalue weighted by Crippen LogP contribution is -2.51. The van der Waals surface area contributed by atoms with Crippen molar-refractivity contribution in [1.29, 1.82) is 0 Å². The number of nitrogens with zero attached hydrogens (tertiary/aromatic N) is 1. The van der Waals surface area contributed by atoms with E-state index in [-0.39, 0.29) is 5.54 Å². The van der Waals surface area contributed by atoms with Gasteiger partial charge in [0.25, 0.3) is 0 Å². The summed E-state index contributed by atoms with van der Waals surface area (Å²) < 4.78 is 1.24. The first-order valence-corrected chi connectivity index (χ1v) is 6.92. The van der Waals surface area contributed by atoms with Gasteiger partial charge in [0.05, 0.1) is 0 Å². The molecule has 0 N–H and O–H groups in total. The first-order chi connectivity index (χ1) is 6.10. The van der Waals surface area contributed by atoms with Gasteiger partial charge < -0.3 is 0 Å². The van der Waals surface area contributed by atoms with Crippen LogP contribution in [0.4, 0.5) is 0 Å². The van der Waals surface area contributed by atoms with Crippen LogP contribution in [-0.4, -0.2) is 28.0 Å². The fourth-order valence-corrected chi connectivity index (χ4v) is 2.37. The lowest BCUT2D eigenvalue weighted by molar-refractivity contribution is 0.0466. The molecule has 0 bridgehead atoms. The second-order valence-corrected chi connectivity index (χ2v) is 7.22. The van der Waals surface area contributed by atoms with E-state index < -0.39 is 0 Å². The largest absolute Gasteiger partial charge is 0.298 e. The number of alkyl halides is 1. The molecular weight excluding hydrogens is 285 g/mol. The van der Waals surface area contributed by atoms with Crippen LogP contribution in [-0.2, 0) is 0 Å². The molecule has 0 amide bonds.